The van der Waals surface area contributed by atoms with Crippen molar-refractivity contribution in [3.8, 4) is 6.07 Å². The van der Waals surface area contributed by atoms with E-state index in [0.717, 1.165) is 23.1 Å². The van der Waals surface area contributed by atoms with Gasteiger partial charge in [0.2, 0.25) is 5.91 Å². The summed E-state index contributed by atoms with van der Waals surface area (Å²) in [6.07, 6.45) is 1.83. The summed E-state index contributed by atoms with van der Waals surface area (Å²) in [6, 6.07) is 16.4. The number of para-hydroxylation sites is 1. The lowest BCUT2D eigenvalue weighted by atomic mass is 9.99. The van der Waals surface area contributed by atoms with E-state index in [1.54, 1.807) is 24.3 Å². The van der Waals surface area contributed by atoms with E-state index in [0.29, 0.717) is 16.3 Å². The van der Waals surface area contributed by atoms with Crippen LogP contribution in [0.1, 0.15) is 34.1 Å². The van der Waals surface area contributed by atoms with Crippen molar-refractivity contribution in [1.82, 2.24) is 4.98 Å². The molecule has 0 spiro atoms. The van der Waals surface area contributed by atoms with E-state index < -0.39 is 5.92 Å². The second kappa shape index (κ2) is 6.70. The molecule has 6 heteroatoms. The second-order valence-corrected chi connectivity index (χ2v) is 7.35. The number of hydrogen-bond acceptors (Lipinski definition) is 5. The van der Waals surface area contributed by atoms with Gasteiger partial charge in [0.15, 0.2) is 11.7 Å². The van der Waals surface area contributed by atoms with Crippen LogP contribution in [-0.4, -0.2) is 16.7 Å². The highest BCUT2D eigenvalue weighted by Gasteiger charge is 2.30. The van der Waals surface area contributed by atoms with E-state index in [1.165, 1.54) is 11.3 Å². The van der Waals surface area contributed by atoms with Gasteiger partial charge in [-0.1, -0.05) is 24.3 Å². The van der Waals surface area contributed by atoms with Gasteiger partial charge in [-0.3, -0.25) is 9.59 Å². The number of nitrogens with zero attached hydrogens (tertiary/aromatic N) is 2. The van der Waals surface area contributed by atoms with Crippen molar-refractivity contribution < 1.29 is 9.59 Å². The smallest absolute Gasteiger partial charge is 0.227 e. The van der Waals surface area contributed by atoms with Crippen LogP contribution >= 0.6 is 11.3 Å². The molecule has 0 radical (unpaired) electrons. The van der Waals surface area contributed by atoms with Gasteiger partial charge in [-0.15, -0.1) is 11.3 Å². The van der Waals surface area contributed by atoms with Crippen molar-refractivity contribution in [1.29, 1.82) is 5.26 Å². The van der Waals surface area contributed by atoms with Gasteiger partial charge in [0.25, 0.3) is 0 Å². The Morgan fingerprint density at radius 2 is 2.00 bits per heavy atom. The van der Waals surface area contributed by atoms with Gasteiger partial charge in [0, 0.05) is 17.2 Å². The molecule has 0 bridgehead atoms. The first-order chi connectivity index (χ1) is 12.7. The maximum Gasteiger partial charge on any atom is 0.227 e. The zero-order valence-electron chi connectivity index (χ0n) is 13.8. The third kappa shape index (κ3) is 3.22. The number of carbonyl (C=O) groups excluding carboxylic acids is 2. The molecule has 3 aromatic rings. The minimum atomic E-state index is -0.957. The van der Waals surface area contributed by atoms with E-state index in [1.807, 2.05) is 24.3 Å². The van der Waals surface area contributed by atoms with E-state index in [4.69, 9.17) is 0 Å². The third-order valence-corrected chi connectivity index (χ3v) is 5.41. The molecule has 1 amide bonds. The zero-order chi connectivity index (χ0) is 18.1. The average Bonchev–Trinajstić information content (AvgIpc) is 3.42. The van der Waals surface area contributed by atoms with Crippen LogP contribution in [0.3, 0.4) is 0 Å². The van der Waals surface area contributed by atoms with Crippen LogP contribution in [0.2, 0.25) is 0 Å². The summed E-state index contributed by atoms with van der Waals surface area (Å²) in [5, 5.41) is 12.9. The molecule has 1 aliphatic carbocycles. The van der Waals surface area contributed by atoms with Crippen LogP contribution in [0.25, 0.3) is 10.2 Å². The normalized spacial score (nSPS) is 14.6. The van der Waals surface area contributed by atoms with Crippen LogP contribution < -0.4 is 5.32 Å². The molecule has 0 saturated heterocycles. The molecule has 1 atom stereocenters. The van der Waals surface area contributed by atoms with Gasteiger partial charge in [-0.25, -0.2) is 4.98 Å². The fraction of sp³-hybridized carbons (Fsp3) is 0.200. The molecule has 1 fully saturated rings. The van der Waals surface area contributed by atoms with Gasteiger partial charge in [0.1, 0.15) is 5.01 Å². The van der Waals surface area contributed by atoms with E-state index in [-0.39, 0.29) is 17.6 Å². The maximum absolute atomic E-state index is 12.9. The Morgan fingerprint density at radius 1 is 1.19 bits per heavy atom. The molecule has 128 valence electrons. The number of nitrogens with one attached hydrogen (secondary N) is 1. The first kappa shape index (κ1) is 16.4. The molecule has 0 aliphatic heterocycles. The monoisotopic (exact) mass is 361 g/mol. The van der Waals surface area contributed by atoms with Gasteiger partial charge in [0.05, 0.1) is 16.3 Å². The lowest BCUT2D eigenvalue weighted by molar-refractivity contribution is -0.117. The Bertz CT molecular complexity index is 1010. The molecule has 1 aromatic heterocycles. The van der Waals surface area contributed by atoms with Crippen molar-refractivity contribution in [2.24, 2.45) is 5.92 Å². The molecule has 4 rings (SSSR count). The Labute approximate surface area is 154 Å². The Balaban J connectivity index is 1.60. The fourth-order valence-corrected chi connectivity index (χ4v) is 3.76. The molecule has 1 aliphatic rings. The summed E-state index contributed by atoms with van der Waals surface area (Å²) >= 11 is 1.36. The van der Waals surface area contributed by atoms with Crippen molar-refractivity contribution >= 4 is 38.9 Å². The minimum absolute atomic E-state index is 0.0161. The van der Waals surface area contributed by atoms with Crippen LogP contribution in [0, 0.1) is 17.2 Å². The molecular weight excluding hydrogens is 346 g/mol. The minimum Gasteiger partial charge on any atom is -0.326 e. The SMILES string of the molecule is N#CC(C(=O)c1cccc(NC(=O)C2CC2)c1)c1nc2ccccc2s1. The number of fused-ring (bicyclic) bond motifs is 1. The van der Waals surface area contributed by atoms with Crippen molar-refractivity contribution in [2.45, 2.75) is 18.8 Å². The molecule has 1 unspecified atom stereocenters. The van der Waals surface area contributed by atoms with Crippen molar-refractivity contribution in [3.05, 3.63) is 59.1 Å². The number of amides is 1. The molecule has 1 saturated carbocycles. The lowest BCUT2D eigenvalue weighted by Gasteiger charge is -2.08. The quantitative estimate of drug-likeness (QED) is 0.693. The standard InChI is InChI=1S/C20H15N3O2S/c21-11-15(20-23-16-6-1-2-7-17(16)26-20)18(24)13-4-3-5-14(10-13)22-19(25)12-8-9-12/h1-7,10,12,15H,8-9H2,(H,22,25). The summed E-state index contributed by atoms with van der Waals surface area (Å²) in [6.45, 7) is 0. The number of ketones is 1. The topological polar surface area (TPSA) is 82.9 Å². The second-order valence-electron chi connectivity index (χ2n) is 6.29. The number of hydrogen-bond donors (Lipinski definition) is 1. The van der Waals surface area contributed by atoms with Gasteiger partial charge < -0.3 is 5.32 Å². The number of rotatable bonds is 5. The highest BCUT2D eigenvalue weighted by Crippen LogP contribution is 2.31. The largest absolute Gasteiger partial charge is 0.326 e. The van der Waals surface area contributed by atoms with E-state index >= 15 is 0 Å². The summed E-state index contributed by atoms with van der Waals surface area (Å²) in [5.41, 5.74) is 1.75. The Hall–Kier alpha value is -3.04. The first-order valence-corrected chi connectivity index (χ1v) is 9.17. The van der Waals surface area contributed by atoms with Crippen molar-refractivity contribution in [3.63, 3.8) is 0 Å². The van der Waals surface area contributed by atoms with Gasteiger partial charge in [-0.05, 0) is 37.1 Å². The molecular formula is C20H15N3O2S. The summed E-state index contributed by atoms with van der Waals surface area (Å²) in [5.74, 6) is -1.20. The molecule has 1 heterocycles. The summed E-state index contributed by atoms with van der Waals surface area (Å²) in [7, 11) is 0. The fourth-order valence-electron chi connectivity index (χ4n) is 2.75. The lowest BCUT2D eigenvalue weighted by Crippen LogP contribution is -2.15. The molecule has 5 nitrogen and oxygen atoms in total. The molecule has 2 aromatic carbocycles. The van der Waals surface area contributed by atoms with Crippen LogP contribution in [-0.2, 0) is 4.79 Å². The molecule has 1 N–H and O–H groups in total. The number of Topliss-reactive ketones (excluding diaryl/α,β-unsaturated/α-hetero) is 1. The number of thiazole rings is 1. The number of benzene rings is 2. The summed E-state index contributed by atoms with van der Waals surface area (Å²) < 4.78 is 0.945. The highest BCUT2D eigenvalue weighted by atomic mass is 32.1. The van der Waals surface area contributed by atoms with Crippen LogP contribution in [0.5, 0.6) is 0 Å². The zero-order valence-corrected chi connectivity index (χ0v) is 14.6. The summed E-state index contributed by atoms with van der Waals surface area (Å²) in [4.78, 5) is 29.2. The number of nitriles is 1. The van der Waals surface area contributed by atoms with Gasteiger partial charge >= 0.3 is 0 Å². The molecule has 26 heavy (non-hydrogen) atoms. The number of aromatic nitrogens is 1. The third-order valence-electron chi connectivity index (χ3n) is 4.31. The maximum atomic E-state index is 12.9. The number of anilines is 1. The predicted octanol–water partition coefficient (Wildman–Crippen LogP) is 4.13. The average molecular weight is 361 g/mol. The highest BCUT2D eigenvalue weighted by molar-refractivity contribution is 7.18. The Morgan fingerprint density at radius 3 is 2.73 bits per heavy atom. The van der Waals surface area contributed by atoms with Crippen LogP contribution in [0.15, 0.2) is 48.5 Å². The van der Waals surface area contributed by atoms with Crippen LogP contribution in [0.4, 0.5) is 5.69 Å². The predicted molar refractivity (Wildman–Crippen MR) is 100 cm³/mol. The van der Waals surface area contributed by atoms with E-state index in [2.05, 4.69) is 16.4 Å². The first-order valence-electron chi connectivity index (χ1n) is 8.36. The Kier molecular flexibility index (Phi) is 4.23. The van der Waals surface area contributed by atoms with Gasteiger partial charge in [-0.2, -0.15) is 5.26 Å². The van der Waals surface area contributed by atoms with E-state index in [9.17, 15) is 14.9 Å². The number of carbonyl (C=O) groups is 2. The van der Waals surface area contributed by atoms with Crippen molar-refractivity contribution in [2.75, 3.05) is 5.32 Å².